The van der Waals surface area contributed by atoms with Crippen LogP contribution in [0.1, 0.15) is 0 Å². The van der Waals surface area contributed by atoms with E-state index >= 15 is 0 Å². The molecule has 0 amide bonds. The summed E-state index contributed by atoms with van der Waals surface area (Å²) in [5.74, 6) is -1.09. The van der Waals surface area contributed by atoms with Crippen LogP contribution in [-0.4, -0.2) is 49.2 Å². The van der Waals surface area contributed by atoms with E-state index in [1.54, 1.807) is 4.68 Å². The minimum Gasteiger partial charge on any atom is -0.352 e. The first-order valence-corrected chi connectivity index (χ1v) is 8.54. The van der Waals surface area contributed by atoms with Gasteiger partial charge in [0, 0.05) is 12.7 Å². The standard InChI is InChI=1S/C14H16F4N4O2S/c1-21(2)5-6-22-9-11(8-19-22)20-12-4-3-10(15)7-13(12)25(23,24)14(16,17)18/h3-4,7-9,20H,5-6H2,1-2H3. The average molecular weight is 380 g/mol. The molecule has 25 heavy (non-hydrogen) atoms. The van der Waals surface area contributed by atoms with E-state index < -0.39 is 26.1 Å². The number of alkyl halides is 3. The summed E-state index contributed by atoms with van der Waals surface area (Å²) < 4.78 is 76.5. The van der Waals surface area contributed by atoms with Crippen molar-refractivity contribution in [3.05, 3.63) is 36.4 Å². The second kappa shape index (κ2) is 7.00. The van der Waals surface area contributed by atoms with Gasteiger partial charge in [-0.15, -0.1) is 0 Å². The number of anilines is 2. The highest BCUT2D eigenvalue weighted by atomic mass is 32.2. The van der Waals surface area contributed by atoms with Crippen LogP contribution in [0, 0.1) is 5.82 Å². The number of benzene rings is 1. The quantitative estimate of drug-likeness (QED) is 0.781. The normalized spacial score (nSPS) is 12.6. The predicted molar refractivity (Wildman–Crippen MR) is 83.7 cm³/mol. The van der Waals surface area contributed by atoms with Crippen LogP contribution in [0.5, 0.6) is 0 Å². The summed E-state index contributed by atoms with van der Waals surface area (Å²) in [6.07, 6.45) is 2.85. The molecule has 1 heterocycles. The second-order valence-corrected chi connectivity index (χ2v) is 7.42. The van der Waals surface area contributed by atoms with Gasteiger partial charge in [-0.05, 0) is 32.3 Å². The third kappa shape index (κ3) is 4.48. The molecule has 6 nitrogen and oxygen atoms in total. The number of rotatable bonds is 6. The molecule has 0 aliphatic carbocycles. The van der Waals surface area contributed by atoms with Gasteiger partial charge in [0.05, 0.1) is 24.1 Å². The van der Waals surface area contributed by atoms with E-state index in [2.05, 4.69) is 10.4 Å². The van der Waals surface area contributed by atoms with Crippen LogP contribution in [0.25, 0.3) is 0 Å². The average Bonchev–Trinajstić information content (AvgIpc) is 2.93. The van der Waals surface area contributed by atoms with Gasteiger partial charge in [0.25, 0.3) is 9.84 Å². The fourth-order valence-corrected chi connectivity index (χ4v) is 2.88. The molecule has 0 aliphatic rings. The molecule has 0 bridgehead atoms. The summed E-state index contributed by atoms with van der Waals surface area (Å²) in [6, 6.07) is 2.14. The highest BCUT2D eigenvalue weighted by Gasteiger charge is 2.48. The van der Waals surface area contributed by atoms with Crippen LogP contribution < -0.4 is 5.32 Å². The topological polar surface area (TPSA) is 67.2 Å². The number of likely N-dealkylation sites (N-methyl/N-ethyl adjacent to an activating group) is 1. The van der Waals surface area contributed by atoms with Crippen molar-refractivity contribution < 1.29 is 26.0 Å². The van der Waals surface area contributed by atoms with Gasteiger partial charge in [0.2, 0.25) is 0 Å². The van der Waals surface area contributed by atoms with Gasteiger partial charge in [-0.1, -0.05) is 0 Å². The summed E-state index contributed by atoms with van der Waals surface area (Å²) in [5, 5.41) is 6.57. The van der Waals surface area contributed by atoms with Crippen LogP contribution in [0.2, 0.25) is 0 Å². The van der Waals surface area contributed by atoms with E-state index in [0.29, 0.717) is 19.2 Å². The van der Waals surface area contributed by atoms with Crippen molar-refractivity contribution in [1.29, 1.82) is 0 Å². The Labute approximate surface area is 142 Å². The van der Waals surface area contributed by atoms with E-state index in [1.165, 1.54) is 12.4 Å². The van der Waals surface area contributed by atoms with E-state index in [1.807, 2.05) is 19.0 Å². The zero-order valence-electron chi connectivity index (χ0n) is 13.4. The molecule has 0 atom stereocenters. The van der Waals surface area contributed by atoms with Crippen molar-refractivity contribution in [2.24, 2.45) is 0 Å². The van der Waals surface area contributed by atoms with Crippen molar-refractivity contribution in [2.45, 2.75) is 16.9 Å². The summed E-state index contributed by atoms with van der Waals surface area (Å²) in [5.41, 5.74) is -5.64. The van der Waals surface area contributed by atoms with Gasteiger partial charge in [0.15, 0.2) is 0 Å². The van der Waals surface area contributed by atoms with Gasteiger partial charge in [-0.2, -0.15) is 18.3 Å². The van der Waals surface area contributed by atoms with E-state index in [9.17, 15) is 26.0 Å². The minimum absolute atomic E-state index is 0.281. The SMILES string of the molecule is CN(C)CCn1cc(Nc2ccc(F)cc2S(=O)(=O)C(F)(F)F)cn1. The van der Waals surface area contributed by atoms with Gasteiger partial charge in [-0.3, -0.25) is 4.68 Å². The third-order valence-electron chi connectivity index (χ3n) is 3.23. The van der Waals surface area contributed by atoms with Crippen LogP contribution in [0.15, 0.2) is 35.5 Å². The minimum atomic E-state index is -5.70. The van der Waals surface area contributed by atoms with E-state index in [-0.39, 0.29) is 11.4 Å². The Morgan fingerprint density at radius 2 is 1.96 bits per heavy atom. The molecule has 0 saturated carbocycles. The highest BCUT2D eigenvalue weighted by Crippen LogP contribution is 2.35. The maximum atomic E-state index is 13.3. The summed E-state index contributed by atoms with van der Waals surface area (Å²) in [6.45, 7) is 1.22. The van der Waals surface area contributed by atoms with Crippen molar-refractivity contribution in [3.63, 3.8) is 0 Å². The molecule has 1 aromatic heterocycles. The van der Waals surface area contributed by atoms with Gasteiger partial charge >= 0.3 is 5.51 Å². The third-order valence-corrected chi connectivity index (χ3v) is 4.75. The Bertz CT molecular complexity index is 847. The maximum Gasteiger partial charge on any atom is 0.501 e. The fraction of sp³-hybridized carbons (Fsp3) is 0.357. The summed E-state index contributed by atoms with van der Waals surface area (Å²) in [7, 11) is -1.96. The smallest absolute Gasteiger partial charge is 0.352 e. The van der Waals surface area contributed by atoms with Crippen LogP contribution in [0.4, 0.5) is 28.9 Å². The van der Waals surface area contributed by atoms with Crippen molar-refractivity contribution in [2.75, 3.05) is 26.0 Å². The Morgan fingerprint density at radius 3 is 2.56 bits per heavy atom. The lowest BCUT2D eigenvalue weighted by Gasteiger charge is -2.13. The molecule has 0 unspecified atom stereocenters. The zero-order chi connectivity index (χ0) is 18.8. The molecular formula is C14H16F4N4O2S. The van der Waals surface area contributed by atoms with Crippen molar-refractivity contribution >= 4 is 21.2 Å². The lowest BCUT2D eigenvalue weighted by molar-refractivity contribution is -0.0435. The molecule has 0 radical (unpaired) electrons. The first-order valence-electron chi connectivity index (χ1n) is 7.06. The monoisotopic (exact) mass is 380 g/mol. The molecule has 11 heteroatoms. The maximum absolute atomic E-state index is 13.3. The molecule has 138 valence electrons. The number of halogens is 4. The fourth-order valence-electron chi connectivity index (χ4n) is 1.95. The lowest BCUT2D eigenvalue weighted by atomic mass is 10.3. The van der Waals surface area contributed by atoms with Crippen molar-refractivity contribution in [3.8, 4) is 0 Å². The Balaban J connectivity index is 2.32. The number of hydrogen-bond acceptors (Lipinski definition) is 5. The Kier molecular flexibility index (Phi) is 5.37. The first-order chi connectivity index (χ1) is 11.5. The predicted octanol–water partition coefficient (Wildman–Crippen LogP) is 2.62. The van der Waals surface area contributed by atoms with E-state index in [4.69, 9.17) is 0 Å². The van der Waals surface area contributed by atoms with Crippen LogP contribution in [-0.2, 0) is 16.4 Å². The molecule has 0 saturated heterocycles. The number of nitrogens with one attached hydrogen (secondary N) is 1. The molecule has 2 aromatic rings. The number of nitrogens with zero attached hydrogens (tertiary/aromatic N) is 3. The number of aromatic nitrogens is 2. The summed E-state index contributed by atoms with van der Waals surface area (Å²) in [4.78, 5) is 0.740. The molecular weight excluding hydrogens is 364 g/mol. The van der Waals surface area contributed by atoms with Crippen LogP contribution >= 0.6 is 0 Å². The molecule has 2 rings (SSSR count). The Morgan fingerprint density at radius 1 is 1.28 bits per heavy atom. The van der Waals surface area contributed by atoms with E-state index in [0.717, 1.165) is 12.1 Å². The van der Waals surface area contributed by atoms with Gasteiger partial charge < -0.3 is 10.2 Å². The molecule has 0 spiro atoms. The Hall–Kier alpha value is -2.14. The molecule has 0 fully saturated rings. The molecule has 0 aliphatic heterocycles. The van der Waals surface area contributed by atoms with Gasteiger partial charge in [0.1, 0.15) is 10.7 Å². The van der Waals surface area contributed by atoms with Gasteiger partial charge in [-0.25, -0.2) is 12.8 Å². The van der Waals surface area contributed by atoms with Crippen LogP contribution in [0.3, 0.4) is 0 Å². The van der Waals surface area contributed by atoms with Crippen molar-refractivity contribution in [1.82, 2.24) is 14.7 Å². The summed E-state index contributed by atoms with van der Waals surface area (Å²) >= 11 is 0. The zero-order valence-corrected chi connectivity index (χ0v) is 14.2. The highest BCUT2D eigenvalue weighted by molar-refractivity contribution is 7.92. The largest absolute Gasteiger partial charge is 0.501 e. The number of sulfone groups is 1. The second-order valence-electron chi connectivity index (χ2n) is 5.51. The first kappa shape index (κ1) is 19.2. The lowest BCUT2D eigenvalue weighted by Crippen LogP contribution is -2.24. The molecule has 1 aromatic carbocycles. The number of hydrogen-bond donors (Lipinski definition) is 1. The molecule has 1 N–H and O–H groups in total.